The van der Waals surface area contributed by atoms with Crippen LogP contribution >= 0.6 is 0 Å². The van der Waals surface area contributed by atoms with E-state index in [9.17, 15) is 18.0 Å². The number of ether oxygens (including phenoxy) is 2. The normalized spacial score (nSPS) is 17.7. The second kappa shape index (κ2) is 9.78. The predicted molar refractivity (Wildman–Crippen MR) is 118 cm³/mol. The van der Waals surface area contributed by atoms with Gasteiger partial charge in [0, 0.05) is 18.7 Å². The Labute approximate surface area is 182 Å². The first-order valence-electron chi connectivity index (χ1n) is 9.84. The van der Waals surface area contributed by atoms with E-state index < -0.39 is 34.4 Å². The molecule has 3 rings (SSSR count). The van der Waals surface area contributed by atoms with Gasteiger partial charge in [0.15, 0.2) is 16.4 Å². The molecule has 0 aromatic heterocycles. The van der Waals surface area contributed by atoms with Crippen LogP contribution in [0.25, 0.3) is 11.6 Å². The zero-order valence-corrected chi connectivity index (χ0v) is 18.3. The molecule has 1 amide bonds. The summed E-state index contributed by atoms with van der Waals surface area (Å²) in [6.07, 6.45) is 2.05. The van der Waals surface area contributed by atoms with E-state index >= 15 is 0 Å². The molecule has 0 spiro atoms. The number of hydrogen-bond acceptors (Lipinski definition) is 6. The van der Waals surface area contributed by atoms with Crippen molar-refractivity contribution in [3.63, 3.8) is 0 Å². The van der Waals surface area contributed by atoms with Crippen LogP contribution in [0.1, 0.15) is 17.5 Å². The molecular weight excluding hydrogens is 418 g/mol. The van der Waals surface area contributed by atoms with Gasteiger partial charge in [-0.3, -0.25) is 4.79 Å². The minimum absolute atomic E-state index is 0.0633. The molecule has 0 aliphatic carbocycles. The van der Waals surface area contributed by atoms with Crippen LogP contribution in [0.3, 0.4) is 0 Å². The number of nitrogens with zero attached hydrogens (tertiary/aromatic N) is 1. The third-order valence-corrected chi connectivity index (χ3v) is 6.97. The maximum Gasteiger partial charge on any atom is 0.339 e. The van der Waals surface area contributed by atoms with Crippen LogP contribution in [-0.4, -0.2) is 63.5 Å². The standard InChI is InChI=1S/C23H25NO6S/c1-24(19-12-13-31(27,28)16-19)22(25)15-30-23(26)20(17-8-4-3-5-9-17)14-18-10-6-7-11-21(18)29-2/h3-11,14,19H,12-13,15-16H2,1-2H3/b20-14-/t19-/m1/s1. The Balaban J connectivity index is 1.76. The lowest BCUT2D eigenvalue weighted by molar-refractivity contribution is -0.147. The van der Waals surface area contributed by atoms with E-state index in [-0.39, 0.29) is 17.1 Å². The Kier molecular flexibility index (Phi) is 7.12. The molecule has 1 saturated heterocycles. The Morgan fingerprint density at radius 1 is 1.10 bits per heavy atom. The molecule has 0 saturated carbocycles. The number of amides is 1. The van der Waals surface area contributed by atoms with Crippen LogP contribution in [0, 0.1) is 0 Å². The van der Waals surface area contributed by atoms with Crippen molar-refractivity contribution in [3.05, 3.63) is 65.7 Å². The van der Waals surface area contributed by atoms with Crippen LogP contribution in [0.15, 0.2) is 54.6 Å². The topological polar surface area (TPSA) is 90.0 Å². The molecule has 8 heteroatoms. The van der Waals surface area contributed by atoms with Crippen LogP contribution < -0.4 is 4.74 Å². The largest absolute Gasteiger partial charge is 0.496 e. The second-order valence-electron chi connectivity index (χ2n) is 7.30. The number of rotatable bonds is 7. The highest BCUT2D eigenvalue weighted by molar-refractivity contribution is 7.91. The van der Waals surface area contributed by atoms with Gasteiger partial charge in [-0.2, -0.15) is 0 Å². The number of esters is 1. The van der Waals surface area contributed by atoms with Gasteiger partial charge in [-0.15, -0.1) is 0 Å². The first-order chi connectivity index (χ1) is 14.8. The number of likely N-dealkylation sites (N-methyl/N-ethyl adjacent to an activating group) is 1. The Morgan fingerprint density at radius 3 is 2.42 bits per heavy atom. The first kappa shape index (κ1) is 22.6. The fourth-order valence-corrected chi connectivity index (χ4v) is 5.18. The summed E-state index contributed by atoms with van der Waals surface area (Å²) in [7, 11) is -0.0399. The maximum atomic E-state index is 12.9. The van der Waals surface area contributed by atoms with E-state index in [0.717, 1.165) is 0 Å². The number of carbonyl (C=O) groups is 2. The highest BCUT2D eigenvalue weighted by Crippen LogP contribution is 2.25. The molecule has 0 radical (unpaired) electrons. The summed E-state index contributed by atoms with van der Waals surface area (Å²) in [5, 5.41) is 0. The van der Waals surface area contributed by atoms with Crippen LogP contribution in [-0.2, 0) is 24.2 Å². The van der Waals surface area contributed by atoms with Crippen molar-refractivity contribution in [1.29, 1.82) is 0 Å². The van der Waals surface area contributed by atoms with Gasteiger partial charge in [0.05, 0.1) is 24.2 Å². The van der Waals surface area contributed by atoms with E-state index in [4.69, 9.17) is 9.47 Å². The monoisotopic (exact) mass is 443 g/mol. The second-order valence-corrected chi connectivity index (χ2v) is 9.53. The molecule has 1 aliphatic rings. The van der Waals surface area contributed by atoms with E-state index in [1.807, 2.05) is 24.3 Å². The Hall–Kier alpha value is -3.13. The molecule has 2 aromatic carbocycles. The minimum Gasteiger partial charge on any atom is -0.496 e. The Bertz CT molecular complexity index is 1080. The molecular formula is C23H25NO6S. The van der Waals surface area contributed by atoms with Crippen LogP contribution in [0.2, 0.25) is 0 Å². The van der Waals surface area contributed by atoms with Gasteiger partial charge in [-0.1, -0.05) is 48.5 Å². The van der Waals surface area contributed by atoms with Crippen molar-refractivity contribution in [2.24, 2.45) is 0 Å². The molecule has 1 fully saturated rings. The van der Waals surface area contributed by atoms with Gasteiger partial charge in [-0.05, 0) is 24.1 Å². The number of carbonyl (C=O) groups excluding carboxylic acids is 2. The summed E-state index contributed by atoms with van der Waals surface area (Å²) in [5.41, 5.74) is 1.62. The lowest BCUT2D eigenvalue weighted by Gasteiger charge is -2.23. The van der Waals surface area contributed by atoms with Gasteiger partial charge < -0.3 is 14.4 Å². The smallest absolute Gasteiger partial charge is 0.339 e. The van der Waals surface area contributed by atoms with Gasteiger partial charge in [-0.25, -0.2) is 13.2 Å². The number of para-hydroxylation sites is 1. The Morgan fingerprint density at radius 2 is 1.77 bits per heavy atom. The first-order valence-corrected chi connectivity index (χ1v) is 11.7. The van der Waals surface area contributed by atoms with Gasteiger partial charge in [0.2, 0.25) is 0 Å². The maximum absolute atomic E-state index is 12.9. The molecule has 0 unspecified atom stereocenters. The van der Waals surface area contributed by atoms with Crippen molar-refractivity contribution >= 4 is 33.4 Å². The molecule has 1 atom stereocenters. The van der Waals surface area contributed by atoms with Gasteiger partial charge >= 0.3 is 5.97 Å². The number of methoxy groups -OCH3 is 1. The molecule has 0 N–H and O–H groups in total. The van der Waals surface area contributed by atoms with Crippen molar-refractivity contribution in [3.8, 4) is 5.75 Å². The third kappa shape index (κ3) is 5.73. The predicted octanol–water partition coefficient (Wildman–Crippen LogP) is 2.42. The zero-order chi connectivity index (χ0) is 22.4. The highest BCUT2D eigenvalue weighted by atomic mass is 32.2. The molecule has 7 nitrogen and oxygen atoms in total. The van der Waals surface area contributed by atoms with Crippen molar-refractivity contribution in [2.75, 3.05) is 32.3 Å². The molecule has 0 bridgehead atoms. The SMILES string of the molecule is COc1ccccc1/C=C(\C(=O)OCC(=O)N(C)[C@@H]1CCS(=O)(=O)C1)c1ccccc1. The van der Waals surface area contributed by atoms with Gasteiger partial charge in [0.25, 0.3) is 5.91 Å². The fourth-order valence-electron chi connectivity index (χ4n) is 3.41. The van der Waals surface area contributed by atoms with E-state index in [1.54, 1.807) is 43.5 Å². The van der Waals surface area contributed by atoms with Crippen molar-refractivity contribution < 1.29 is 27.5 Å². The lowest BCUT2D eigenvalue weighted by atomic mass is 10.0. The minimum atomic E-state index is -3.12. The summed E-state index contributed by atoms with van der Waals surface area (Å²) in [5.74, 6) is -0.499. The van der Waals surface area contributed by atoms with Crippen molar-refractivity contribution in [1.82, 2.24) is 4.90 Å². The summed E-state index contributed by atoms with van der Waals surface area (Å²) >= 11 is 0. The summed E-state index contributed by atoms with van der Waals surface area (Å²) in [4.78, 5) is 26.7. The van der Waals surface area contributed by atoms with E-state index in [0.29, 0.717) is 23.3 Å². The van der Waals surface area contributed by atoms with Crippen molar-refractivity contribution in [2.45, 2.75) is 12.5 Å². The van der Waals surface area contributed by atoms with Crippen LogP contribution in [0.4, 0.5) is 0 Å². The zero-order valence-electron chi connectivity index (χ0n) is 17.5. The summed E-state index contributed by atoms with van der Waals surface area (Å²) in [6, 6.07) is 15.9. The summed E-state index contributed by atoms with van der Waals surface area (Å²) < 4.78 is 34.0. The number of hydrogen-bond donors (Lipinski definition) is 0. The quantitative estimate of drug-likeness (QED) is 0.371. The van der Waals surface area contributed by atoms with Crippen LogP contribution in [0.5, 0.6) is 5.75 Å². The van der Waals surface area contributed by atoms with Gasteiger partial charge in [0.1, 0.15) is 5.75 Å². The lowest BCUT2D eigenvalue weighted by Crippen LogP contribution is -2.40. The molecule has 2 aromatic rings. The molecule has 1 aliphatic heterocycles. The molecule has 1 heterocycles. The average molecular weight is 444 g/mol. The molecule has 164 valence electrons. The number of sulfone groups is 1. The third-order valence-electron chi connectivity index (χ3n) is 5.22. The molecule has 31 heavy (non-hydrogen) atoms. The van der Waals surface area contributed by atoms with E-state index in [2.05, 4.69) is 0 Å². The average Bonchev–Trinajstić information content (AvgIpc) is 3.15. The highest BCUT2D eigenvalue weighted by Gasteiger charge is 2.33. The number of benzene rings is 2. The fraction of sp³-hybridized carbons (Fsp3) is 0.304. The van der Waals surface area contributed by atoms with E-state index in [1.165, 1.54) is 11.9 Å². The summed E-state index contributed by atoms with van der Waals surface area (Å²) in [6.45, 7) is -0.470.